The number of aromatic nitrogens is 2. The Bertz CT molecular complexity index is 549. The predicted octanol–water partition coefficient (Wildman–Crippen LogP) is 3.69. The van der Waals surface area contributed by atoms with E-state index < -0.39 is 0 Å². The van der Waals surface area contributed by atoms with E-state index in [1.807, 2.05) is 38.1 Å². The van der Waals surface area contributed by atoms with Crippen molar-refractivity contribution in [2.75, 3.05) is 5.73 Å². The maximum atomic E-state index is 6.15. The normalized spacial score (nSPS) is 12.7. The number of rotatable bonds is 2. The summed E-state index contributed by atoms with van der Waals surface area (Å²) >= 11 is 12.2. The minimum atomic E-state index is -0.0464. The van der Waals surface area contributed by atoms with Gasteiger partial charge in [0.2, 0.25) is 0 Å². The van der Waals surface area contributed by atoms with Gasteiger partial charge in [-0.25, -0.2) is 4.68 Å². The van der Waals surface area contributed by atoms with Crippen molar-refractivity contribution in [2.45, 2.75) is 19.9 Å². The zero-order valence-electron chi connectivity index (χ0n) is 9.61. The number of hydrogen-bond donors (Lipinski definition) is 1. The van der Waals surface area contributed by atoms with E-state index >= 15 is 0 Å². The van der Waals surface area contributed by atoms with Crippen LogP contribution in [0.2, 0.25) is 10.0 Å². The zero-order chi connectivity index (χ0) is 12.6. The molecular formula is C12H13Cl2N3. The standard InChI is InChI=1S/C12H13Cl2N3/c1-7-11(14)12(15)17(16-7)8(2)9-5-3-4-6-10(9)13/h3-6,8H,15H2,1-2H3. The average Bonchev–Trinajstić information content (AvgIpc) is 2.57. The summed E-state index contributed by atoms with van der Waals surface area (Å²) in [6, 6.07) is 7.59. The molecule has 0 radical (unpaired) electrons. The summed E-state index contributed by atoms with van der Waals surface area (Å²) in [5, 5.41) is 5.53. The molecular weight excluding hydrogens is 257 g/mol. The van der Waals surface area contributed by atoms with Gasteiger partial charge < -0.3 is 5.73 Å². The molecule has 0 fully saturated rings. The van der Waals surface area contributed by atoms with Gasteiger partial charge in [-0.1, -0.05) is 41.4 Å². The van der Waals surface area contributed by atoms with Gasteiger partial charge in [-0.15, -0.1) is 0 Å². The molecule has 1 atom stereocenters. The van der Waals surface area contributed by atoms with E-state index in [0.717, 1.165) is 11.3 Å². The first-order valence-corrected chi connectivity index (χ1v) is 6.02. The molecule has 0 saturated carbocycles. The van der Waals surface area contributed by atoms with Crippen molar-refractivity contribution in [3.8, 4) is 0 Å². The summed E-state index contributed by atoms with van der Waals surface area (Å²) in [7, 11) is 0. The Morgan fingerprint density at radius 2 is 1.94 bits per heavy atom. The molecule has 3 nitrogen and oxygen atoms in total. The van der Waals surface area contributed by atoms with E-state index in [4.69, 9.17) is 28.9 Å². The summed E-state index contributed by atoms with van der Waals surface area (Å²) in [4.78, 5) is 0. The van der Waals surface area contributed by atoms with Crippen LogP contribution in [0.25, 0.3) is 0 Å². The van der Waals surface area contributed by atoms with Gasteiger partial charge >= 0.3 is 0 Å². The molecule has 1 aromatic heterocycles. The first-order valence-electron chi connectivity index (χ1n) is 5.27. The van der Waals surface area contributed by atoms with E-state index in [1.165, 1.54) is 0 Å². The molecule has 0 aliphatic heterocycles. The minimum Gasteiger partial charge on any atom is -0.383 e. The van der Waals surface area contributed by atoms with Gasteiger partial charge in [0.25, 0.3) is 0 Å². The van der Waals surface area contributed by atoms with E-state index in [9.17, 15) is 0 Å². The average molecular weight is 270 g/mol. The van der Waals surface area contributed by atoms with Gasteiger partial charge in [-0.2, -0.15) is 5.10 Å². The first kappa shape index (κ1) is 12.3. The van der Waals surface area contributed by atoms with Crippen molar-refractivity contribution in [1.29, 1.82) is 0 Å². The van der Waals surface area contributed by atoms with Gasteiger partial charge in [-0.3, -0.25) is 0 Å². The molecule has 0 bridgehead atoms. The second kappa shape index (κ2) is 4.59. The zero-order valence-corrected chi connectivity index (χ0v) is 11.1. The molecule has 1 heterocycles. The number of hydrogen-bond acceptors (Lipinski definition) is 2. The highest BCUT2D eigenvalue weighted by atomic mass is 35.5. The van der Waals surface area contributed by atoms with Crippen molar-refractivity contribution in [1.82, 2.24) is 9.78 Å². The summed E-state index contributed by atoms with van der Waals surface area (Å²) in [5.41, 5.74) is 7.61. The molecule has 0 spiro atoms. The molecule has 2 N–H and O–H groups in total. The Balaban J connectivity index is 2.48. The molecule has 0 saturated heterocycles. The van der Waals surface area contributed by atoms with Crippen molar-refractivity contribution in [2.24, 2.45) is 0 Å². The molecule has 5 heteroatoms. The number of benzene rings is 1. The molecule has 0 aliphatic carbocycles. The van der Waals surface area contributed by atoms with Crippen molar-refractivity contribution >= 4 is 29.0 Å². The Morgan fingerprint density at radius 1 is 1.29 bits per heavy atom. The van der Waals surface area contributed by atoms with Gasteiger partial charge in [0.05, 0.1) is 11.7 Å². The first-order chi connectivity index (χ1) is 8.02. The Kier molecular flexibility index (Phi) is 3.31. The van der Waals surface area contributed by atoms with Crippen LogP contribution in [0, 0.1) is 6.92 Å². The van der Waals surface area contributed by atoms with Crippen LogP contribution in [0.5, 0.6) is 0 Å². The molecule has 1 unspecified atom stereocenters. The Morgan fingerprint density at radius 3 is 2.47 bits per heavy atom. The molecule has 0 aliphatic rings. The van der Waals surface area contributed by atoms with E-state index in [1.54, 1.807) is 4.68 Å². The molecule has 2 aromatic rings. The lowest BCUT2D eigenvalue weighted by Gasteiger charge is -2.15. The molecule has 2 rings (SSSR count). The summed E-state index contributed by atoms with van der Waals surface area (Å²) in [6.45, 7) is 3.81. The SMILES string of the molecule is Cc1nn(C(C)c2ccccc2Cl)c(N)c1Cl. The molecule has 90 valence electrons. The van der Waals surface area contributed by atoms with Crippen LogP contribution in [0.15, 0.2) is 24.3 Å². The van der Waals surface area contributed by atoms with Crippen LogP contribution in [0.3, 0.4) is 0 Å². The van der Waals surface area contributed by atoms with E-state index in [2.05, 4.69) is 5.10 Å². The molecule has 1 aromatic carbocycles. The number of anilines is 1. The number of halogens is 2. The fraction of sp³-hybridized carbons (Fsp3) is 0.250. The van der Waals surface area contributed by atoms with Crippen LogP contribution in [0.4, 0.5) is 5.82 Å². The largest absolute Gasteiger partial charge is 0.383 e. The van der Waals surface area contributed by atoms with Gasteiger partial charge in [0.15, 0.2) is 0 Å². The predicted molar refractivity (Wildman–Crippen MR) is 71.7 cm³/mol. The van der Waals surface area contributed by atoms with Gasteiger partial charge in [-0.05, 0) is 25.5 Å². The van der Waals surface area contributed by atoms with Crippen molar-refractivity contribution in [3.05, 3.63) is 45.6 Å². The summed E-state index contributed by atoms with van der Waals surface area (Å²) < 4.78 is 1.69. The second-order valence-corrected chi connectivity index (χ2v) is 4.71. The van der Waals surface area contributed by atoms with Crippen molar-refractivity contribution < 1.29 is 0 Å². The lowest BCUT2D eigenvalue weighted by molar-refractivity contribution is 0.569. The van der Waals surface area contributed by atoms with Gasteiger partial charge in [0.1, 0.15) is 10.8 Å². The summed E-state index contributed by atoms with van der Waals surface area (Å²) in [6.07, 6.45) is 0. The van der Waals surface area contributed by atoms with Crippen LogP contribution >= 0.6 is 23.2 Å². The number of nitrogens with two attached hydrogens (primary N) is 1. The molecule has 17 heavy (non-hydrogen) atoms. The highest BCUT2D eigenvalue weighted by Gasteiger charge is 2.18. The quantitative estimate of drug-likeness (QED) is 0.904. The number of nitrogen functional groups attached to an aromatic ring is 1. The fourth-order valence-corrected chi connectivity index (χ4v) is 2.20. The third-order valence-corrected chi connectivity index (χ3v) is 3.58. The lowest BCUT2D eigenvalue weighted by atomic mass is 10.1. The number of nitrogens with zero attached hydrogens (tertiary/aromatic N) is 2. The third-order valence-electron chi connectivity index (χ3n) is 2.77. The Labute approximate surface area is 110 Å². The Hall–Kier alpha value is -1.19. The molecule has 0 amide bonds. The maximum Gasteiger partial charge on any atom is 0.141 e. The van der Waals surface area contributed by atoms with Gasteiger partial charge in [0, 0.05) is 5.02 Å². The van der Waals surface area contributed by atoms with E-state index in [-0.39, 0.29) is 6.04 Å². The highest BCUT2D eigenvalue weighted by molar-refractivity contribution is 6.33. The van der Waals surface area contributed by atoms with Crippen LogP contribution in [-0.4, -0.2) is 9.78 Å². The number of aryl methyl sites for hydroxylation is 1. The second-order valence-electron chi connectivity index (χ2n) is 3.93. The van der Waals surface area contributed by atoms with E-state index in [0.29, 0.717) is 15.9 Å². The topological polar surface area (TPSA) is 43.8 Å². The minimum absolute atomic E-state index is 0.0464. The monoisotopic (exact) mass is 269 g/mol. The highest BCUT2D eigenvalue weighted by Crippen LogP contribution is 2.31. The van der Waals surface area contributed by atoms with Crippen LogP contribution in [0.1, 0.15) is 24.2 Å². The van der Waals surface area contributed by atoms with Crippen molar-refractivity contribution in [3.63, 3.8) is 0 Å². The summed E-state index contributed by atoms with van der Waals surface area (Å²) in [5.74, 6) is 0.469. The lowest BCUT2D eigenvalue weighted by Crippen LogP contribution is -2.12. The van der Waals surface area contributed by atoms with Crippen LogP contribution in [-0.2, 0) is 0 Å². The third kappa shape index (κ3) is 2.13. The fourth-order valence-electron chi connectivity index (χ4n) is 1.79. The van der Waals surface area contributed by atoms with Crippen LogP contribution < -0.4 is 5.73 Å². The maximum absolute atomic E-state index is 6.15. The smallest absolute Gasteiger partial charge is 0.141 e.